The van der Waals surface area contributed by atoms with Gasteiger partial charge in [-0.2, -0.15) is 4.98 Å². The average molecular weight is 194 g/mol. The predicted octanol–water partition coefficient (Wildman–Crippen LogP) is 0.412. The second-order valence-corrected chi connectivity index (χ2v) is 2.77. The van der Waals surface area contributed by atoms with Crippen LogP contribution in [-0.2, 0) is 0 Å². The van der Waals surface area contributed by atoms with E-state index in [1.807, 2.05) is 0 Å². The number of hydrogen-bond acceptors (Lipinski definition) is 6. The Morgan fingerprint density at radius 2 is 2.36 bits per heavy atom. The van der Waals surface area contributed by atoms with E-state index in [-0.39, 0.29) is 6.61 Å². The van der Waals surface area contributed by atoms with Crippen LogP contribution in [-0.4, -0.2) is 33.4 Å². The van der Waals surface area contributed by atoms with Gasteiger partial charge in [-0.25, -0.2) is 4.98 Å². The molecule has 0 fully saturated rings. The van der Waals surface area contributed by atoms with Crippen molar-refractivity contribution in [3.8, 4) is 0 Å². The third kappa shape index (κ3) is 1.64. The number of hydrogen-bond donors (Lipinski definition) is 2. The molecule has 0 amide bonds. The van der Waals surface area contributed by atoms with Crippen molar-refractivity contribution in [1.29, 1.82) is 0 Å². The Morgan fingerprint density at radius 1 is 1.43 bits per heavy atom. The summed E-state index contributed by atoms with van der Waals surface area (Å²) >= 11 is 0. The van der Waals surface area contributed by atoms with Crippen molar-refractivity contribution in [2.24, 2.45) is 0 Å². The molecule has 2 aromatic heterocycles. The van der Waals surface area contributed by atoms with Gasteiger partial charge in [-0.05, 0) is 6.42 Å². The van der Waals surface area contributed by atoms with Gasteiger partial charge in [-0.1, -0.05) is 5.16 Å². The molecule has 74 valence electrons. The second kappa shape index (κ2) is 4.01. The van der Waals surface area contributed by atoms with Gasteiger partial charge in [0.15, 0.2) is 0 Å². The number of nitrogens with zero attached hydrogens (tertiary/aromatic N) is 3. The molecule has 0 radical (unpaired) electrons. The standard InChI is InChI=1S/C8H10N4O2/c13-3-1-2-9-7-6-4-12-14-8(6)11-5-10-7/h4-5,13H,1-3H2,(H,9,10,11). The van der Waals surface area contributed by atoms with Gasteiger partial charge in [0.1, 0.15) is 17.5 Å². The summed E-state index contributed by atoms with van der Waals surface area (Å²) in [6.07, 6.45) is 3.65. The lowest BCUT2D eigenvalue weighted by molar-refractivity contribution is 0.292. The molecular formula is C8H10N4O2. The fourth-order valence-electron chi connectivity index (χ4n) is 1.12. The molecule has 14 heavy (non-hydrogen) atoms. The lowest BCUT2D eigenvalue weighted by Gasteiger charge is -2.02. The van der Waals surface area contributed by atoms with Crippen molar-refractivity contribution >= 4 is 16.9 Å². The van der Waals surface area contributed by atoms with Gasteiger partial charge < -0.3 is 14.9 Å². The van der Waals surface area contributed by atoms with Crippen molar-refractivity contribution in [2.75, 3.05) is 18.5 Å². The van der Waals surface area contributed by atoms with E-state index in [0.717, 1.165) is 5.39 Å². The van der Waals surface area contributed by atoms with Crippen LogP contribution in [0.2, 0.25) is 0 Å². The fraction of sp³-hybridized carbons (Fsp3) is 0.375. The van der Waals surface area contributed by atoms with E-state index < -0.39 is 0 Å². The van der Waals surface area contributed by atoms with Crippen LogP contribution in [0.15, 0.2) is 17.0 Å². The summed E-state index contributed by atoms with van der Waals surface area (Å²) in [6, 6.07) is 0. The first-order valence-electron chi connectivity index (χ1n) is 4.32. The zero-order chi connectivity index (χ0) is 9.80. The summed E-state index contributed by atoms with van der Waals surface area (Å²) in [5.41, 5.74) is 0.464. The zero-order valence-electron chi connectivity index (χ0n) is 7.47. The average Bonchev–Trinajstić information content (AvgIpc) is 2.67. The Bertz CT molecular complexity index is 414. The zero-order valence-corrected chi connectivity index (χ0v) is 7.47. The minimum atomic E-state index is 0.158. The predicted molar refractivity (Wildman–Crippen MR) is 49.8 cm³/mol. The van der Waals surface area contributed by atoms with E-state index in [2.05, 4.69) is 20.4 Å². The fourth-order valence-corrected chi connectivity index (χ4v) is 1.12. The Balaban J connectivity index is 2.19. The van der Waals surface area contributed by atoms with E-state index in [0.29, 0.717) is 24.5 Å². The maximum absolute atomic E-state index is 8.61. The van der Waals surface area contributed by atoms with Crippen LogP contribution in [0.3, 0.4) is 0 Å². The van der Waals surface area contributed by atoms with Crippen LogP contribution in [0, 0.1) is 0 Å². The Kier molecular flexibility index (Phi) is 2.55. The van der Waals surface area contributed by atoms with Crippen LogP contribution in [0.1, 0.15) is 6.42 Å². The van der Waals surface area contributed by atoms with Crippen LogP contribution in [0.5, 0.6) is 0 Å². The number of anilines is 1. The number of fused-ring (bicyclic) bond motifs is 1. The number of rotatable bonds is 4. The molecule has 6 nitrogen and oxygen atoms in total. The van der Waals surface area contributed by atoms with Gasteiger partial charge in [-0.3, -0.25) is 0 Å². The summed E-state index contributed by atoms with van der Waals surface area (Å²) in [4.78, 5) is 7.95. The SMILES string of the molecule is OCCCNc1ncnc2oncc12. The molecule has 0 spiro atoms. The van der Waals surface area contributed by atoms with Crippen LogP contribution < -0.4 is 5.32 Å². The molecule has 2 rings (SSSR count). The number of aliphatic hydroxyl groups excluding tert-OH is 1. The second-order valence-electron chi connectivity index (χ2n) is 2.77. The monoisotopic (exact) mass is 194 g/mol. The molecular weight excluding hydrogens is 184 g/mol. The first-order valence-corrected chi connectivity index (χ1v) is 4.32. The third-order valence-corrected chi connectivity index (χ3v) is 1.80. The lowest BCUT2D eigenvalue weighted by Crippen LogP contribution is -2.05. The molecule has 0 atom stereocenters. The van der Waals surface area contributed by atoms with E-state index >= 15 is 0 Å². The highest BCUT2D eigenvalue weighted by Crippen LogP contribution is 2.17. The van der Waals surface area contributed by atoms with Crippen molar-refractivity contribution in [3.05, 3.63) is 12.5 Å². The molecule has 0 aliphatic heterocycles. The van der Waals surface area contributed by atoms with E-state index in [1.54, 1.807) is 6.20 Å². The maximum atomic E-state index is 8.61. The largest absolute Gasteiger partial charge is 0.396 e. The summed E-state index contributed by atoms with van der Waals surface area (Å²) in [5, 5.41) is 16.1. The minimum Gasteiger partial charge on any atom is -0.396 e. The van der Waals surface area contributed by atoms with Crippen molar-refractivity contribution in [1.82, 2.24) is 15.1 Å². The van der Waals surface area contributed by atoms with Crippen molar-refractivity contribution < 1.29 is 9.63 Å². The van der Waals surface area contributed by atoms with Crippen LogP contribution in [0.4, 0.5) is 5.82 Å². The molecule has 0 bridgehead atoms. The topological polar surface area (TPSA) is 84.1 Å². The van der Waals surface area contributed by atoms with Gasteiger partial charge in [0.05, 0.1) is 6.20 Å². The molecule has 2 N–H and O–H groups in total. The Hall–Kier alpha value is -1.69. The molecule has 0 unspecified atom stereocenters. The highest BCUT2D eigenvalue weighted by atomic mass is 16.5. The van der Waals surface area contributed by atoms with Gasteiger partial charge in [0, 0.05) is 13.2 Å². The van der Waals surface area contributed by atoms with E-state index in [1.165, 1.54) is 6.33 Å². The number of nitrogens with one attached hydrogen (secondary N) is 1. The first-order chi connectivity index (χ1) is 6.92. The third-order valence-electron chi connectivity index (χ3n) is 1.80. The molecule has 0 aromatic carbocycles. The van der Waals surface area contributed by atoms with E-state index in [4.69, 9.17) is 9.63 Å². The van der Waals surface area contributed by atoms with E-state index in [9.17, 15) is 0 Å². The van der Waals surface area contributed by atoms with Gasteiger partial charge in [0.25, 0.3) is 5.71 Å². The highest BCUT2D eigenvalue weighted by molar-refractivity contribution is 5.83. The van der Waals surface area contributed by atoms with Gasteiger partial charge in [-0.15, -0.1) is 0 Å². The quantitative estimate of drug-likeness (QED) is 0.686. The Labute approximate surface area is 80.0 Å². The summed E-state index contributed by atoms with van der Waals surface area (Å²) < 4.78 is 4.87. The van der Waals surface area contributed by atoms with Gasteiger partial charge in [0.2, 0.25) is 0 Å². The lowest BCUT2D eigenvalue weighted by atomic mass is 10.4. The highest BCUT2D eigenvalue weighted by Gasteiger charge is 2.05. The molecule has 6 heteroatoms. The number of aromatic nitrogens is 3. The van der Waals surface area contributed by atoms with Crippen LogP contribution >= 0.6 is 0 Å². The smallest absolute Gasteiger partial charge is 0.262 e. The maximum Gasteiger partial charge on any atom is 0.262 e. The summed E-state index contributed by atoms with van der Waals surface area (Å²) in [5.74, 6) is 0.685. The molecule has 2 heterocycles. The van der Waals surface area contributed by atoms with Crippen molar-refractivity contribution in [2.45, 2.75) is 6.42 Å². The summed E-state index contributed by atoms with van der Waals surface area (Å²) in [6.45, 7) is 0.818. The first kappa shape index (κ1) is 8.89. The molecule has 2 aromatic rings. The minimum absolute atomic E-state index is 0.158. The normalized spacial score (nSPS) is 10.6. The molecule has 0 saturated heterocycles. The van der Waals surface area contributed by atoms with Crippen molar-refractivity contribution in [3.63, 3.8) is 0 Å². The van der Waals surface area contributed by atoms with Gasteiger partial charge >= 0.3 is 0 Å². The van der Waals surface area contributed by atoms with Crippen LogP contribution in [0.25, 0.3) is 11.1 Å². The Morgan fingerprint density at radius 3 is 3.21 bits per heavy atom. The molecule has 0 saturated carbocycles. The molecule has 0 aliphatic carbocycles. The number of aliphatic hydroxyl groups is 1. The molecule has 0 aliphatic rings. The summed E-state index contributed by atoms with van der Waals surface area (Å²) in [7, 11) is 0.